The maximum absolute atomic E-state index is 11.8. The molecule has 1 aliphatic carbocycles. The summed E-state index contributed by atoms with van der Waals surface area (Å²) in [5.74, 6) is 0.372. The summed E-state index contributed by atoms with van der Waals surface area (Å²) in [6.45, 7) is -0.415. The zero-order valence-corrected chi connectivity index (χ0v) is 8.11. The Balaban J connectivity index is 2.08. The van der Waals surface area contributed by atoms with Gasteiger partial charge in [-0.3, -0.25) is 0 Å². The number of rotatable bonds is 3. The van der Waals surface area contributed by atoms with Crippen LogP contribution in [0.4, 0.5) is 13.2 Å². The Morgan fingerprint density at radius 3 is 2.21 bits per heavy atom. The number of halogens is 3. The van der Waals surface area contributed by atoms with E-state index in [4.69, 9.17) is 5.73 Å². The molecule has 1 aliphatic rings. The first kappa shape index (κ1) is 11.8. The zero-order valence-electron chi connectivity index (χ0n) is 8.11. The van der Waals surface area contributed by atoms with Gasteiger partial charge in [-0.25, -0.2) is 0 Å². The summed E-state index contributed by atoms with van der Waals surface area (Å²) in [6, 6.07) is 0.258. The SMILES string of the molecule is N[C@H]1CC[C@H](CNCC(F)(F)F)CC1. The summed E-state index contributed by atoms with van der Waals surface area (Å²) in [4.78, 5) is 0. The van der Waals surface area contributed by atoms with Gasteiger partial charge < -0.3 is 11.1 Å². The fraction of sp³-hybridized carbons (Fsp3) is 1.00. The number of alkyl halides is 3. The molecule has 0 spiro atoms. The minimum Gasteiger partial charge on any atom is -0.328 e. The van der Waals surface area contributed by atoms with E-state index in [2.05, 4.69) is 5.32 Å². The van der Waals surface area contributed by atoms with Crippen LogP contribution in [0, 0.1) is 5.92 Å². The highest BCUT2D eigenvalue weighted by Crippen LogP contribution is 2.22. The van der Waals surface area contributed by atoms with E-state index in [9.17, 15) is 13.2 Å². The van der Waals surface area contributed by atoms with E-state index in [1.54, 1.807) is 0 Å². The third-order valence-electron chi connectivity index (χ3n) is 2.65. The zero-order chi connectivity index (χ0) is 10.6. The van der Waals surface area contributed by atoms with Crippen LogP contribution in [-0.4, -0.2) is 25.3 Å². The van der Waals surface area contributed by atoms with Crippen molar-refractivity contribution in [2.45, 2.75) is 37.9 Å². The fourth-order valence-electron chi connectivity index (χ4n) is 1.81. The third-order valence-corrected chi connectivity index (χ3v) is 2.65. The summed E-state index contributed by atoms with van der Waals surface area (Å²) in [6.07, 6.45) is -0.306. The molecule has 0 atom stereocenters. The van der Waals surface area contributed by atoms with Crippen LogP contribution in [0.25, 0.3) is 0 Å². The van der Waals surface area contributed by atoms with Crippen LogP contribution in [0.5, 0.6) is 0 Å². The predicted octanol–water partition coefficient (Wildman–Crippen LogP) is 1.66. The molecule has 0 saturated heterocycles. The maximum Gasteiger partial charge on any atom is 0.401 e. The summed E-state index contributed by atoms with van der Waals surface area (Å²) in [5.41, 5.74) is 5.69. The van der Waals surface area contributed by atoms with Crippen LogP contribution in [0.1, 0.15) is 25.7 Å². The lowest BCUT2D eigenvalue weighted by atomic mass is 9.86. The van der Waals surface area contributed by atoms with E-state index >= 15 is 0 Å². The minimum atomic E-state index is -4.09. The Bertz CT molecular complexity index is 162. The monoisotopic (exact) mass is 210 g/mol. The molecule has 2 nitrogen and oxygen atoms in total. The quantitative estimate of drug-likeness (QED) is 0.743. The Labute approximate surface area is 82.0 Å². The van der Waals surface area contributed by atoms with Gasteiger partial charge in [-0.15, -0.1) is 0 Å². The second-order valence-corrected chi connectivity index (χ2v) is 4.03. The lowest BCUT2D eigenvalue weighted by Gasteiger charge is -2.26. The van der Waals surface area contributed by atoms with Gasteiger partial charge in [0.1, 0.15) is 0 Å². The molecule has 0 radical (unpaired) electrons. The molecule has 1 saturated carbocycles. The van der Waals surface area contributed by atoms with Gasteiger partial charge in [0.2, 0.25) is 0 Å². The molecule has 5 heteroatoms. The van der Waals surface area contributed by atoms with Gasteiger partial charge in [0.25, 0.3) is 0 Å². The molecule has 14 heavy (non-hydrogen) atoms. The lowest BCUT2D eigenvalue weighted by molar-refractivity contribution is -0.125. The summed E-state index contributed by atoms with van der Waals surface area (Å²) >= 11 is 0. The van der Waals surface area contributed by atoms with Gasteiger partial charge in [0.15, 0.2) is 0 Å². The van der Waals surface area contributed by atoms with Crippen molar-refractivity contribution >= 4 is 0 Å². The van der Waals surface area contributed by atoms with Crippen molar-refractivity contribution in [2.75, 3.05) is 13.1 Å². The number of nitrogens with two attached hydrogens (primary N) is 1. The van der Waals surface area contributed by atoms with Crippen LogP contribution in [0.3, 0.4) is 0 Å². The number of nitrogens with one attached hydrogen (secondary N) is 1. The molecule has 0 amide bonds. The molecular formula is C9H17F3N2. The van der Waals surface area contributed by atoms with Gasteiger partial charge in [-0.1, -0.05) is 0 Å². The van der Waals surface area contributed by atoms with Crippen molar-refractivity contribution in [2.24, 2.45) is 11.7 Å². The molecule has 1 rings (SSSR count). The van der Waals surface area contributed by atoms with Gasteiger partial charge >= 0.3 is 6.18 Å². The fourth-order valence-corrected chi connectivity index (χ4v) is 1.81. The Morgan fingerprint density at radius 1 is 1.14 bits per heavy atom. The van der Waals surface area contributed by atoms with Crippen molar-refractivity contribution in [3.05, 3.63) is 0 Å². The molecule has 0 bridgehead atoms. The molecule has 84 valence electrons. The van der Waals surface area contributed by atoms with Crippen LogP contribution in [-0.2, 0) is 0 Å². The topological polar surface area (TPSA) is 38.0 Å². The van der Waals surface area contributed by atoms with E-state index in [-0.39, 0.29) is 6.04 Å². The highest BCUT2D eigenvalue weighted by molar-refractivity contribution is 4.75. The van der Waals surface area contributed by atoms with E-state index in [1.807, 2.05) is 0 Å². The first-order valence-electron chi connectivity index (χ1n) is 5.00. The standard InChI is InChI=1S/C9H17F3N2/c10-9(11,12)6-14-5-7-1-3-8(13)4-2-7/h7-8,14H,1-6,13H2/t7-,8-. The molecule has 0 aromatic rings. The van der Waals surface area contributed by atoms with Crippen molar-refractivity contribution in [3.63, 3.8) is 0 Å². The smallest absolute Gasteiger partial charge is 0.328 e. The summed E-state index contributed by atoms with van der Waals surface area (Å²) < 4.78 is 35.4. The molecule has 0 aromatic heterocycles. The van der Waals surface area contributed by atoms with Crippen molar-refractivity contribution in [3.8, 4) is 0 Å². The maximum atomic E-state index is 11.8. The van der Waals surface area contributed by atoms with Crippen LogP contribution < -0.4 is 11.1 Å². The van der Waals surface area contributed by atoms with E-state index in [1.165, 1.54) is 0 Å². The van der Waals surface area contributed by atoms with Gasteiger partial charge in [-0.05, 0) is 38.1 Å². The number of hydrogen-bond donors (Lipinski definition) is 2. The first-order valence-corrected chi connectivity index (χ1v) is 5.00. The highest BCUT2D eigenvalue weighted by atomic mass is 19.4. The van der Waals surface area contributed by atoms with Gasteiger partial charge in [0.05, 0.1) is 6.54 Å². The molecule has 0 aromatic carbocycles. The molecular weight excluding hydrogens is 193 g/mol. The van der Waals surface area contributed by atoms with Crippen LogP contribution >= 0.6 is 0 Å². The van der Waals surface area contributed by atoms with Crippen molar-refractivity contribution < 1.29 is 13.2 Å². The molecule has 0 aliphatic heterocycles. The molecule has 3 N–H and O–H groups in total. The summed E-state index contributed by atoms with van der Waals surface area (Å²) in [5, 5.41) is 2.44. The largest absolute Gasteiger partial charge is 0.401 e. The lowest BCUT2D eigenvalue weighted by Crippen LogP contribution is -2.35. The van der Waals surface area contributed by atoms with E-state index < -0.39 is 12.7 Å². The normalized spacial score (nSPS) is 29.1. The third kappa shape index (κ3) is 4.81. The Morgan fingerprint density at radius 2 is 1.71 bits per heavy atom. The second kappa shape index (κ2) is 4.98. The molecule has 0 unspecified atom stereocenters. The Kier molecular flexibility index (Phi) is 4.19. The Hall–Kier alpha value is -0.290. The average molecular weight is 210 g/mol. The van der Waals surface area contributed by atoms with Crippen LogP contribution in [0.15, 0.2) is 0 Å². The van der Waals surface area contributed by atoms with Gasteiger partial charge in [0, 0.05) is 6.04 Å². The van der Waals surface area contributed by atoms with Gasteiger partial charge in [-0.2, -0.15) is 13.2 Å². The predicted molar refractivity (Wildman–Crippen MR) is 48.9 cm³/mol. The van der Waals surface area contributed by atoms with Crippen molar-refractivity contribution in [1.29, 1.82) is 0 Å². The van der Waals surface area contributed by atoms with E-state index in [0.29, 0.717) is 12.5 Å². The van der Waals surface area contributed by atoms with Crippen molar-refractivity contribution in [1.82, 2.24) is 5.32 Å². The minimum absolute atomic E-state index is 0.258. The highest BCUT2D eigenvalue weighted by Gasteiger charge is 2.27. The second-order valence-electron chi connectivity index (χ2n) is 4.03. The van der Waals surface area contributed by atoms with Crippen LogP contribution in [0.2, 0.25) is 0 Å². The summed E-state index contributed by atoms with van der Waals surface area (Å²) in [7, 11) is 0. The number of hydrogen-bond acceptors (Lipinski definition) is 2. The first-order chi connectivity index (χ1) is 6.47. The average Bonchev–Trinajstić information content (AvgIpc) is 2.06. The molecule has 0 heterocycles. The molecule has 1 fully saturated rings. The van der Waals surface area contributed by atoms with E-state index in [0.717, 1.165) is 25.7 Å².